The van der Waals surface area contributed by atoms with Crippen LogP contribution in [0.3, 0.4) is 0 Å². The van der Waals surface area contributed by atoms with Gasteiger partial charge < -0.3 is 0 Å². The summed E-state index contributed by atoms with van der Waals surface area (Å²) in [6, 6.07) is 11.4. The van der Waals surface area contributed by atoms with Crippen molar-refractivity contribution in [3.8, 4) is 0 Å². The van der Waals surface area contributed by atoms with Crippen LogP contribution in [0.15, 0.2) is 42.6 Å². The zero-order valence-corrected chi connectivity index (χ0v) is 11.1. The van der Waals surface area contributed by atoms with Crippen molar-refractivity contribution in [1.29, 1.82) is 0 Å². The predicted molar refractivity (Wildman–Crippen MR) is 74.5 cm³/mol. The molecule has 0 saturated carbocycles. The number of nitrogens with one attached hydrogen (secondary N) is 1. The molecule has 1 aromatic carbocycles. The van der Waals surface area contributed by atoms with E-state index in [0.29, 0.717) is 5.15 Å². The fourth-order valence-corrected chi connectivity index (χ4v) is 1.96. The summed E-state index contributed by atoms with van der Waals surface area (Å²) in [4.78, 5) is 4.05. The highest BCUT2D eigenvalue weighted by Gasteiger charge is 2.10. The number of rotatable bonds is 4. The smallest absolute Gasteiger partial charge is 0.129 e. The van der Waals surface area contributed by atoms with Gasteiger partial charge in [-0.1, -0.05) is 41.4 Å². The molecule has 0 aliphatic heterocycles. The van der Waals surface area contributed by atoms with Crippen molar-refractivity contribution in [1.82, 2.24) is 10.4 Å². The molecule has 0 amide bonds. The summed E-state index contributed by atoms with van der Waals surface area (Å²) in [7, 11) is 0. The third-order valence-corrected chi connectivity index (χ3v) is 3.18. The van der Waals surface area contributed by atoms with Crippen molar-refractivity contribution >= 4 is 23.2 Å². The van der Waals surface area contributed by atoms with E-state index in [0.717, 1.165) is 22.6 Å². The Bertz CT molecular complexity index is 497. The first-order chi connectivity index (χ1) is 8.69. The van der Waals surface area contributed by atoms with Gasteiger partial charge in [-0.25, -0.2) is 4.98 Å². The minimum Gasteiger partial charge on any atom is -0.271 e. The Morgan fingerprint density at radius 2 is 1.83 bits per heavy atom. The van der Waals surface area contributed by atoms with Crippen LogP contribution >= 0.6 is 23.2 Å². The van der Waals surface area contributed by atoms with Gasteiger partial charge in [0.2, 0.25) is 0 Å². The van der Waals surface area contributed by atoms with Gasteiger partial charge in [-0.3, -0.25) is 11.3 Å². The maximum Gasteiger partial charge on any atom is 0.129 e. The molecule has 1 atom stereocenters. The van der Waals surface area contributed by atoms with Gasteiger partial charge in [0.1, 0.15) is 5.15 Å². The highest BCUT2D eigenvalue weighted by atomic mass is 35.5. The number of nitrogens with zero attached hydrogens (tertiary/aromatic N) is 1. The molecule has 3 nitrogen and oxygen atoms in total. The maximum atomic E-state index is 5.85. The molecule has 3 N–H and O–H groups in total. The molecule has 0 aliphatic rings. The summed E-state index contributed by atoms with van der Waals surface area (Å²) in [6.07, 6.45) is 2.49. The van der Waals surface area contributed by atoms with Crippen LogP contribution < -0.4 is 11.3 Å². The molecule has 2 aromatic rings. The predicted octanol–water partition coefficient (Wildman–Crippen LogP) is 3.14. The third kappa shape index (κ3) is 3.43. The summed E-state index contributed by atoms with van der Waals surface area (Å²) in [5.74, 6) is 5.58. The summed E-state index contributed by atoms with van der Waals surface area (Å²) in [5, 5.41) is 1.20. The summed E-state index contributed by atoms with van der Waals surface area (Å²) in [6.45, 7) is 0. The number of hydrogen-bond acceptors (Lipinski definition) is 3. The van der Waals surface area contributed by atoms with E-state index in [1.807, 2.05) is 30.3 Å². The van der Waals surface area contributed by atoms with Crippen molar-refractivity contribution in [2.45, 2.75) is 12.5 Å². The molecule has 94 valence electrons. The highest BCUT2D eigenvalue weighted by molar-refractivity contribution is 6.30. The number of benzene rings is 1. The Hall–Kier alpha value is -1.13. The molecule has 5 heteroatoms. The van der Waals surface area contributed by atoms with Crippen LogP contribution in [0.5, 0.6) is 0 Å². The second-order valence-electron chi connectivity index (χ2n) is 3.96. The normalized spacial score (nSPS) is 12.4. The van der Waals surface area contributed by atoms with Crippen molar-refractivity contribution < 1.29 is 0 Å². The molecule has 1 heterocycles. The van der Waals surface area contributed by atoms with Gasteiger partial charge in [-0.2, -0.15) is 0 Å². The van der Waals surface area contributed by atoms with Gasteiger partial charge in [-0.15, -0.1) is 0 Å². The monoisotopic (exact) mass is 281 g/mol. The minimum absolute atomic E-state index is 0.00376. The van der Waals surface area contributed by atoms with Crippen LogP contribution in [0, 0.1) is 0 Å². The molecular formula is C13H13Cl2N3. The number of nitrogens with two attached hydrogens (primary N) is 1. The molecule has 0 saturated heterocycles. The SMILES string of the molecule is NNC(Cc1ccc(Cl)cc1)c1ccc(Cl)nc1. The van der Waals surface area contributed by atoms with E-state index in [-0.39, 0.29) is 6.04 Å². The Labute approximate surface area is 116 Å². The fraction of sp³-hybridized carbons (Fsp3) is 0.154. The number of hydrogen-bond donors (Lipinski definition) is 2. The standard InChI is InChI=1S/C13H13Cl2N3/c14-11-4-1-9(2-5-11)7-12(18-16)10-3-6-13(15)17-8-10/h1-6,8,12,18H,7,16H2. The lowest BCUT2D eigenvalue weighted by Gasteiger charge is -2.16. The van der Waals surface area contributed by atoms with Gasteiger partial charge in [-0.05, 0) is 35.7 Å². The van der Waals surface area contributed by atoms with Crippen LogP contribution in [0.2, 0.25) is 10.2 Å². The number of hydrazine groups is 1. The summed E-state index contributed by atoms with van der Waals surface area (Å²) in [5.41, 5.74) is 4.93. The molecular weight excluding hydrogens is 269 g/mol. The van der Waals surface area contributed by atoms with Crippen molar-refractivity contribution in [2.24, 2.45) is 5.84 Å². The molecule has 1 unspecified atom stereocenters. The van der Waals surface area contributed by atoms with Gasteiger partial charge in [0.05, 0.1) is 6.04 Å². The second-order valence-corrected chi connectivity index (χ2v) is 4.79. The first-order valence-corrected chi connectivity index (χ1v) is 6.26. The van der Waals surface area contributed by atoms with Gasteiger partial charge in [0.25, 0.3) is 0 Å². The highest BCUT2D eigenvalue weighted by Crippen LogP contribution is 2.19. The van der Waals surface area contributed by atoms with E-state index in [1.165, 1.54) is 0 Å². The van der Waals surface area contributed by atoms with Crippen LogP contribution in [0.4, 0.5) is 0 Å². The number of pyridine rings is 1. The Balaban J connectivity index is 2.14. The second kappa shape index (κ2) is 6.16. The molecule has 0 spiro atoms. The van der Waals surface area contributed by atoms with Crippen LogP contribution in [0.25, 0.3) is 0 Å². The fourth-order valence-electron chi connectivity index (χ4n) is 1.72. The Morgan fingerprint density at radius 3 is 2.39 bits per heavy atom. The number of halogens is 2. The average Bonchev–Trinajstić information content (AvgIpc) is 2.39. The van der Waals surface area contributed by atoms with E-state index >= 15 is 0 Å². The lowest BCUT2D eigenvalue weighted by molar-refractivity contribution is 0.550. The molecule has 0 radical (unpaired) electrons. The van der Waals surface area contributed by atoms with E-state index in [9.17, 15) is 0 Å². The summed E-state index contributed by atoms with van der Waals surface area (Å²) >= 11 is 11.6. The van der Waals surface area contributed by atoms with E-state index in [2.05, 4.69) is 10.4 Å². The molecule has 2 rings (SSSR count). The van der Waals surface area contributed by atoms with Crippen molar-refractivity contribution in [3.05, 3.63) is 63.9 Å². The topological polar surface area (TPSA) is 50.9 Å². The Morgan fingerprint density at radius 1 is 1.11 bits per heavy atom. The molecule has 1 aromatic heterocycles. The van der Waals surface area contributed by atoms with Crippen LogP contribution in [0.1, 0.15) is 17.2 Å². The molecule has 18 heavy (non-hydrogen) atoms. The quantitative estimate of drug-likeness (QED) is 0.514. The van der Waals surface area contributed by atoms with E-state index < -0.39 is 0 Å². The Kier molecular flexibility index (Phi) is 4.55. The average molecular weight is 282 g/mol. The van der Waals surface area contributed by atoms with Gasteiger partial charge in [0.15, 0.2) is 0 Å². The van der Waals surface area contributed by atoms with Crippen LogP contribution in [-0.4, -0.2) is 4.98 Å². The molecule has 0 fully saturated rings. The maximum absolute atomic E-state index is 5.85. The van der Waals surface area contributed by atoms with Gasteiger partial charge in [0, 0.05) is 11.2 Å². The lowest BCUT2D eigenvalue weighted by Crippen LogP contribution is -2.29. The van der Waals surface area contributed by atoms with Crippen molar-refractivity contribution in [2.75, 3.05) is 0 Å². The lowest BCUT2D eigenvalue weighted by atomic mass is 10.0. The first-order valence-electron chi connectivity index (χ1n) is 5.51. The summed E-state index contributed by atoms with van der Waals surface area (Å²) < 4.78 is 0. The van der Waals surface area contributed by atoms with Gasteiger partial charge >= 0.3 is 0 Å². The third-order valence-electron chi connectivity index (χ3n) is 2.71. The zero-order chi connectivity index (χ0) is 13.0. The first kappa shape index (κ1) is 13.3. The number of aromatic nitrogens is 1. The van der Waals surface area contributed by atoms with Crippen molar-refractivity contribution in [3.63, 3.8) is 0 Å². The van der Waals surface area contributed by atoms with Crippen LogP contribution in [-0.2, 0) is 6.42 Å². The van der Waals surface area contributed by atoms with E-state index in [1.54, 1.807) is 12.3 Å². The molecule has 0 aliphatic carbocycles. The van der Waals surface area contributed by atoms with E-state index in [4.69, 9.17) is 29.0 Å². The molecule has 0 bridgehead atoms. The zero-order valence-electron chi connectivity index (χ0n) is 9.61. The minimum atomic E-state index is -0.00376. The largest absolute Gasteiger partial charge is 0.271 e.